The molecule has 0 aromatic carbocycles. The van der Waals surface area contributed by atoms with Gasteiger partial charge in [0.25, 0.3) is 7.82 Å². The van der Waals surface area contributed by atoms with E-state index in [0.717, 1.165) is 83.5 Å². The Morgan fingerprint density at radius 1 is 0.474 bits per heavy atom. The predicted octanol–water partition coefficient (Wildman–Crippen LogP) is 19.1. The lowest BCUT2D eigenvalue weighted by atomic mass is 10.0. The standard InChI is InChI=1S/C67H121N2O6P/c1-6-8-10-12-14-16-18-20-22-24-25-26-27-28-29-30-31-32-33-34-35-36-37-38-39-40-41-42-43-45-47-49-51-53-55-57-59-61-67(71)68-65(64-75-76(72,73)74-63-62-69(3,4)5)66(70)60-58-56-54-52-50-48-46-44-23-21-19-17-15-13-11-9-7-2/h8,10,14,16,20,22,25-26,28-29,31-32,34-35,58,60,65-66,70H,6-7,9,11-13,15,17-19,21,23-24,27,30,33,36-57,59,61-64H2,1-5H3,(H-,68,71,72,73)/b10-8-,16-14-,22-20-,26-25-,29-28-,32-31-,35-34-,60-58+. The number of rotatable bonds is 57. The number of unbranched alkanes of at least 4 members (excludes halogenated alkanes) is 30. The zero-order valence-corrected chi connectivity index (χ0v) is 51.1. The molecular formula is C67H121N2O6P. The van der Waals surface area contributed by atoms with Gasteiger partial charge in [-0.2, -0.15) is 0 Å². The molecule has 76 heavy (non-hydrogen) atoms. The third-order valence-electron chi connectivity index (χ3n) is 13.8. The van der Waals surface area contributed by atoms with Crippen molar-refractivity contribution in [1.29, 1.82) is 0 Å². The molecule has 0 saturated heterocycles. The van der Waals surface area contributed by atoms with E-state index in [1.807, 2.05) is 27.2 Å². The van der Waals surface area contributed by atoms with Crippen LogP contribution in [0.25, 0.3) is 0 Å². The van der Waals surface area contributed by atoms with Gasteiger partial charge in [0.1, 0.15) is 13.2 Å². The zero-order chi connectivity index (χ0) is 55.6. The Morgan fingerprint density at radius 3 is 1.17 bits per heavy atom. The van der Waals surface area contributed by atoms with Crippen LogP contribution in [0.15, 0.2) is 97.2 Å². The van der Waals surface area contributed by atoms with Crippen LogP contribution in [0.1, 0.15) is 271 Å². The van der Waals surface area contributed by atoms with Crippen LogP contribution in [0.5, 0.6) is 0 Å². The molecule has 0 rings (SSSR count). The monoisotopic (exact) mass is 1080 g/mol. The molecule has 0 heterocycles. The highest BCUT2D eigenvalue weighted by Gasteiger charge is 2.23. The van der Waals surface area contributed by atoms with Gasteiger partial charge in [0.05, 0.1) is 39.9 Å². The van der Waals surface area contributed by atoms with Crippen molar-refractivity contribution in [2.75, 3.05) is 40.9 Å². The molecule has 0 saturated carbocycles. The first kappa shape index (κ1) is 73.4. The van der Waals surface area contributed by atoms with Crippen LogP contribution < -0.4 is 10.2 Å². The Hall–Kier alpha value is -2.58. The molecule has 0 aliphatic heterocycles. The number of carbonyl (C=O) groups excluding carboxylic acids is 1. The van der Waals surface area contributed by atoms with E-state index >= 15 is 0 Å². The van der Waals surface area contributed by atoms with Crippen LogP contribution in [0.3, 0.4) is 0 Å². The highest BCUT2D eigenvalue weighted by molar-refractivity contribution is 7.45. The fourth-order valence-electron chi connectivity index (χ4n) is 8.90. The molecule has 9 heteroatoms. The number of allylic oxidation sites excluding steroid dienone is 15. The quantitative estimate of drug-likeness (QED) is 0.0272. The van der Waals surface area contributed by atoms with E-state index in [1.54, 1.807) is 6.08 Å². The second-order valence-corrected chi connectivity index (χ2v) is 23.8. The van der Waals surface area contributed by atoms with Crippen LogP contribution in [0.2, 0.25) is 0 Å². The molecule has 0 aliphatic carbocycles. The summed E-state index contributed by atoms with van der Waals surface area (Å²) in [5, 5.41) is 13.9. The van der Waals surface area contributed by atoms with Crippen LogP contribution >= 0.6 is 7.82 Å². The Labute approximate surface area is 470 Å². The number of phosphoric acid groups is 1. The van der Waals surface area contributed by atoms with Gasteiger partial charge < -0.3 is 28.8 Å². The van der Waals surface area contributed by atoms with E-state index < -0.39 is 20.0 Å². The second-order valence-electron chi connectivity index (χ2n) is 22.4. The summed E-state index contributed by atoms with van der Waals surface area (Å²) in [7, 11) is 1.26. The third kappa shape index (κ3) is 59.1. The molecule has 0 aromatic heterocycles. The smallest absolute Gasteiger partial charge is 0.268 e. The number of hydrogen-bond acceptors (Lipinski definition) is 6. The summed E-state index contributed by atoms with van der Waals surface area (Å²) >= 11 is 0. The number of carbonyl (C=O) groups is 1. The molecule has 0 bridgehead atoms. The molecule has 3 atom stereocenters. The molecule has 0 fully saturated rings. The minimum atomic E-state index is -4.60. The van der Waals surface area contributed by atoms with Gasteiger partial charge >= 0.3 is 0 Å². The van der Waals surface area contributed by atoms with Gasteiger partial charge in [-0.1, -0.05) is 284 Å². The number of phosphoric ester groups is 1. The number of quaternary nitrogens is 1. The minimum Gasteiger partial charge on any atom is -0.756 e. The van der Waals surface area contributed by atoms with Crippen LogP contribution in [0, 0.1) is 0 Å². The SMILES string of the molecule is CC/C=C\C/C=C\C/C=C\C/C=C\C/C=C\C/C=C\C/C=C\CCCCCCCCCCCCCCCCCC(=O)NC(COP(=O)([O-])OCC[N+](C)(C)C)C(O)/C=C/CCCCCCCCCCCCCCCCC. The van der Waals surface area contributed by atoms with Crippen molar-refractivity contribution in [2.24, 2.45) is 0 Å². The highest BCUT2D eigenvalue weighted by atomic mass is 31.2. The lowest BCUT2D eigenvalue weighted by Crippen LogP contribution is -2.45. The maximum Gasteiger partial charge on any atom is 0.268 e. The van der Waals surface area contributed by atoms with Gasteiger partial charge in [-0.25, -0.2) is 0 Å². The summed E-state index contributed by atoms with van der Waals surface area (Å²) in [6.45, 7) is 4.55. The summed E-state index contributed by atoms with van der Waals surface area (Å²) in [4.78, 5) is 25.5. The van der Waals surface area contributed by atoms with Gasteiger partial charge in [0.2, 0.25) is 5.91 Å². The first-order chi connectivity index (χ1) is 37.0. The number of aliphatic hydroxyl groups is 1. The Bertz CT molecular complexity index is 1560. The van der Waals surface area contributed by atoms with E-state index in [0.29, 0.717) is 17.4 Å². The summed E-state index contributed by atoms with van der Waals surface area (Å²) in [5.74, 6) is -0.198. The number of nitrogens with one attached hydrogen (secondary N) is 1. The van der Waals surface area contributed by atoms with Crippen molar-refractivity contribution in [1.82, 2.24) is 5.32 Å². The third-order valence-corrected chi connectivity index (χ3v) is 14.8. The van der Waals surface area contributed by atoms with Crippen LogP contribution in [-0.4, -0.2) is 68.5 Å². The molecule has 2 N–H and O–H groups in total. The first-order valence-electron chi connectivity index (χ1n) is 31.6. The highest BCUT2D eigenvalue weighted by Crippen LogP contribution is 2.38. The van der Waals surface area contributed by atoms with Crippen molar-refractivity contribution in [3.05, 3.63) is 97.2 Å². The number of likely N-dealkylation sites (N-methyl/N-ethyl adjacent to an activating group) is 1. The Kier molecular flexibility index (Phi) is 55.2. The fourth-order valence-corrected chi connectivity index (χ4v) is 9.62. The Morgan fingerprint density at radius 2 is 0.803 bits per heavy atom. The largest absolute Gasteiger partial charge is 0.756 e. The molecule has 0 aromatic rings. The summed E-state index contributed by atoms with van der Waals surface area (Å²) in [6.07, 6.45) is 82.1. The lowest BCUT2D eigenvalue weighted by molar-refractivity contribution is -0.870. The molecule has 3 unspecified atom stereocenters. The van der Waals surface area contributed by atoms with Gasteiger partial charge in [0.15, 0.2) is 0 Å². The molecule has 0 aliphatic rings. The predicted molar refractivity (Wildman–Crippen MR) is 329 cm³/mol. The van der Waals surface area contributed by atoms with Crippen molar-refractivity contribution in [3.8, 4) is 0 Å². The molecule has 1 amide bonds. The first-order valence-corrected chi connectivity index (χ1v) is 33.1. The summed E-state index contributed by atoms with van der Waals surface area (Å²) in [5.41, 5.74) is 0. The molecule has 440 valence electrons. The topological polar surface area (TPSA) is 108 Å². The summed E-state index contributed by atoms with van der Waals surface area (Å²) in [6, 6.07) is -0.891. The maximum atomic E-state index is 13.0. The number of amides is 1. The van der Waals surface area contributed by atoms with Crippen LogP contribution in [-0.2, 0) is 18.4 Å². The van der Waals surface area contributed by atoms with Gasteiger partial charge in [-0.3, -0.25) is 9.36 Å². The molecule has 0 spiro atoms. The lowest BCUT2D eigenvalue weighted by Gasteiger charge is -2.29. The fraction of sp³-hybridized carbons (Fsp3) is 0.746. The number of hydrogen-bond donors (Lipinski definition) is 2. The van der Waals surface area contributed by atoms with Gasteiger partial charge in [0, 0.05) is 6.42 Å². The van der Waals surface area contributed by atoms with E-state index in [4.69, 9.17) is 9.05 Å². The molecule has 0 radical (unpaired) electrons. The minimum absolute atomic E-state index is 0.00331. The molecule has 8 nitrogen and oxygen atoms in total. The van der Waals surface area contributed by atoms with Crippen molar-refractivity contribution in [2.45, 2.75) is 283 Å². The normalized spacial score (nSPS) is 14.5. The number of nitrogens with zero attached hydrogens (tertiary/aromatic N) is 1. The van der Waals surface area contributed by atoms with E-state index in [9.17, 15) is 19.4 Å². The van der Waals surface area contributed by atoms with Gasteiger partial charge in [-0.05, 0) is 77.0 Å². The zero-order valence-electron chi connectivity index (χ0n) is 50.2. The van der Waals surface area contributed by atoms with Gasteiger partial charge in [-0.15, -0.1) is 0 Å². The van der Waals surface area contributed by atoms with E-state index in [2.05, 4.69) is 104 Å². The average Bonchev–Trinajstić information content (AvgIpc) is 3.38. The Balaban J connectivity index is 4.06. The maximum absolute atomic E-state index is 13.0. The molecular weight excluding hydrogens is 960 g/mol. The van der Waals surface area contributed by atoms with E-state index in [-0.39, 0.29) is 19.1 Å². The summed E-state index contributed by atoms with van der Waals surface area (Å²) < 4.78 is 23.4. The van der Waals surface area contributed by atoms with Crippen molar-refractivity contribution in [3.63, 3.8) is 0 Å². The van der Waals surface area contributed by atoms with Crippen LogP contribution in [0.4, 0.5) is 0 Å². The second kappa shape index (κ2) is 57.1. The average molecular weight is 1080 g/mol. The van der Waals surface area contributed by atoms with E-state index in [1.165, 1.54) is 167 Å². The van der Waals surface area contributed by atoms with Crippen molar-refractivity contribution >= 4 is 13.7 Å². The van der Waals surface area contributed by atoms with Crippen molar-refractivity contribution < 1.29 is 32.9 Å². The number of aliphatic hydroxyl groups excluding tert-OH is 1.